The maximum absolute atomic E-state index is 4.40. The van der Waals surface area contributed by atoms with E-state index in [-0.39, 0.29) is 0 Å². The predicted octanol–water partition coefficient (Wildman–Crippen LogP) is 2.34. The summed E-state index contributed by atoms with van der Waals surface area (Å²) in [4.78, 5) is 12.8. The van der Waals surface area contributed by atoms with E-state index in [4.69, 9.17) is 0 Å². The summed E-state index contributed by atoms with van der Waals surface area (Å²) in [5.41, 5.74) is 4.17. The molecule has 0 aliphatic carbocycles. The third-order valence-corrected chi connectivity index (χ3v) is 3.01. The van der Waals surface area contributed by atoms with Crippen molar-refractivity contribution >= 4 is 11.0 Å². The van der Waals surface area contributed by atoms with E-state index in [1.807, 2.05) is 31.4 Å². The Morgan fingerprint density at radius 3 is 2.76 bits per heavy atom. The zero-order valence-electron chi connectivity index (χ0n) is 9.75. The highest BCUT2D eigenvalue weighted by molar-refractivity contribution is 5.87. The Hall–Kier alpha value is -2.23. The van der Waals surface area contributed by atoms with Gasteiger partial charge in [-0.25, -0.2) is 9.97 Å². The van der Waals surface area contributed by atoms with Crippen LogP contribution < -0.4 is 0 Å². The van der Waals surface area contributed by atoms with Crippen LogP contribution in [-0.4, -0.2) is 19.5 Å². The van der Waals surface area contributed by atoms with E-state index >= 15 is 0 Å². The molecular weight excluding hydrogens is 212 g/mol. The van der Waals surface area contributed by atoms with Gasteiger partial charge in [-0.05, 0) is 24.6 Å². The summed E-state index contributed by atoms with van der Waals surface area (Å²) < 4.78 is 2.06. The fourth-order valence-electron chi connectivity index (χ4n) is 2.21. The number of nitrogens with zero attached hydrogens (tertiary/aromatic N) is 4. The fraction of sp³-hybridized carbons (Fsp3) is 0.154. The quantitative estimate of drug-likeness (QED) is 0.637. The third kappa shape index (κ3) is 1.41. The number of rotatable bonds is 1. The number of fused-ring (bicyclic) bond motifs is 1. The lowest BCUT2D eigenvalue weighted by Crippen LogP contribution is -1.95. The maximum atomic E-state index is 4.40. The molecule has 0 unspecified atom stereocenters. The molecule has 0 aliphatic heterocycles. The van der Waals surface area contributed by atoms with E-state index in [9.17, 15) is 0 Å². The lowest BCUT2D eigenvalue weighted by Gasteiger charge is -2.03. The number of pyridine rings is 1. The normalized spacial score (nSPS) is 10.9. The third-order valence-electron chi connectivity index (χ3n) is 3.01. The standard InChI is InChI=1S/C13H12N4/c1-9-10-7-14-8-16-13(10)17(2)12(9)11-5-3-4-6-15-11/h3-8H,1-2H3. The van der Waals surface area contributed by atoms with E-state index in [1.54, 1.807) is 12.5 Å². The minimum Gasteiger partial charge on any atom is -0.327 e. The van der Waals surface area contributed by atoms with Crippen LogP contribution in [-0.2, 0) is 7.05 Å². The molecule has 3 rings (SSSR count). The van der Waals surface area contributed by atoms with Crippen LogP contribution in [0, 0.1) is 6.92 Å². The van der Waals surface area contributed by atoms with Crippen molar-refractivity contribution in [1.29, 1.82) is 0 Å². The minimum absolute atomic E-state index is 0.943. The van der Waals surface area contributed by atoms with Crippen molar-refractivity contribution in [3.63, 3.8) is 0 Å². The maximum Gasteiger partial charge on any atom is 0.143 e. The molecule has 4 heteroatoms. The molecule has 3 aromatic heterocycles. The number of aryl methyl sites for hydroxylation is 2. The Bertz CT molecular complexity index is 631. The van der Waals surface area contributed by atoms with Gasteiger partial charge in [0.05, 0.1) is 11.4 Å². The van der Waals surface area contributed by atoms with Crippen LogP contribution in [0.3, 0.4) is 0 Å². The highest BCUT2D eigenvalue weighted by Crippen LogP contribution is 2.29. The Morgan fingerprint density at radius 2 is 2.06 bits per heavy atom. The molecule has 0 radical (unpaired) electrons. The Kier molecular flexibility index (Phi) is 2.14. The zero-order chi connectivity index (χ0) is 11.8. The van der Waals surface area contributed by atoms with E-state index in [0.717, 1.165) is 22.4 Å². The van der Waals surface area contributed by atoms with Crippen LogP contribution in [0.4, 0.5) is 0 Å². The molecule has 0 saturated carbocycles. The number of hydrogen-bond acceptors (Lipinski definition) is 3. The summed E-state index contributed by atoms with van der Waals surface area (Å²) in [6.07, 6.45) is 5.23. The summed E-state index contributed by atoms with van der Waals surface area (Å²) >= 11 is 0. The van der Waals surface area contributed by atoms with Crippen LogP contribution in [0.25, 0.3) is 22.4 Å². The van der Waals surface area contributed by atoms with Gasteiger partial charge in [0.1, 0.15) is 12.0 Å². The molecule has 0 amide bonds. The predicted molar refractivity (Wildman–Crippen MR) is 66.5 cm³/mol. The molecule has 4 nitrogen and oxygen atoms in total. The molecule has 0 spiro atoms. The van der Waals surface area contributed by atoms with Crippen molar-refractivity contribution in [2.75, 3.05) is 0 Å². The molecule has 17 heavy (non-hydrogen) atoms. The number of hydrogen-bond donors (Lipinski definition) is 0. The average Bonchev–Trinajstić information content (AvgIpc) is 2.64. The molecule has 0 bridgehead atoms. The van der Waals surface area contributed by atoms with E-state index in [0.29, 0.717) is 0 Å². The van der Waals surface area contributed by atoms with Crippen LogP contribution >= 0.6 is 0 Å². The summed E-state index contributed by atoms with van der Waals surface area (Å²) in [6, 6.07) is 5.92. The molecule has 0 atom stereocenters. The second-order valence-corrected chi connectivity index (χ2v) is 4.01. The minimum atomic E-state index is 0.943. The molecule has 0 aliphatic rings. The second-order valence-electron chi connectivity index (χ2n) is 4.01. The van der Waals surface area contributed by atoms with Gasteiger partial charge in [0, 0.05) is 24.8 Å². The Morgan fingerprint density at radius 1 is 1.18 bits per heavy atom. The van der Waals surface area contributed by atoms with Crippen LogP contribution in [0.5, 0.6) is 0 Å². The first-order valence-electron chi connectivity index (χ1n) is 5.45. The largest absolute Gasteiger partial charge is 0.327 e. The zero-order valence-corrected chi connectivity index (χ0v) is 9.75. The Balaban J connectivity index is 2.38. The average molecular weight is 224 g/mol. The van der Waals surface area contributed by atoms with Crippen molar-refractivity contribution in [3.05, 3.63) is 42.5 Å². The number of aromatic nitrogens is 4. The molecule has 84 valence electrons. The first kappa shape index (κ1) is 9.96. The van der Waals surface area contributed by atoms with E-state index in [1.165, 1.54) is 5.56 Å². The van der Waals surface area contributed by atoms with Crippen LogP contribution in [0.1, 0.15) is 5.56 Å². The summed E-state index contributed by atoms with van der Waals surface area (Å²) in [6.45, 7) is 2.08. The second kappa shape index (κ2) is 3.66. The SMILES string of the molecule is Cc1c(-c2ccccn2)n(C)c2ncncc12. The summed E-state index contributed by atoms with van der Waals surface area (Å²) in [7, 11) is 2.01. The van der Waals surface area contributed by atoms with Gasteiger partial charge in [0.15, 0.2) is 0 Å². The Labute approximate surface area is 99.0 Å². The highest BCUT2D eigenvalue weighted by Gasteiger charge is 2.14. The van der Waals surface area contributed by atoms with Crippen molar-refractivity contribution < 1.29 is 0 Å². The van der Waals surface area contributed by atoms with Gasteiger partial charge in [-0.2, -0.15) is 0 Å². The van der Waals surface area contributed by atoms with Crippen molar-refractivity contribution in [3.8, 4) is 11.4 Å². The smallest absolute Gasteiger partial charge is 0.143 e. The van der Waals surface area contributed by atoms with Gasteiger partial charge in [-0.15, -0.1) is 0 Å². The monoisotopic (exact) mass is 224 g/mol. The molecule has 3 aromatic rings. The van der Waals surface area contributed by atoms with Crippen LogP contribution in [0.2, 0.25) is 0 Å². The molecular formula is C13H12N4. The van der Waals surface area contributed by atoms with Crippen molar-refractivity contribution in [1.82, 2.24) is 19.5 Å². The van der Waals surface area contributed by atoms with Gasteiger partial charge < -0.3 is 4.57 Å². The first-order valence-corrected chi connectivity index (χ1v) is 5.45. The summed E-state index contributed by atoms with van der Waals surface area (Å²) in [5.74, 6) is 0. The molecule has 0 aromatic carbocycles. The molecule has 0 saturated heterocycles. The molecule has 0 fully saturated rings. The van der Waals surface area contributed by atoms with E-state index < -0.39 is 0 Å². The lowest BCUT2D eigenvalue weighted by atomic mass is 10.1. The van der Waals surface area contributed by atoms with Gasteiger partial charge >= 0.3 is 0 Å². The fourth-order valence-corrected chi connectivity index (χ4v) is 2.21. The van der Waals surface area contributed by atoms with Gasteiger partial charge in [-0.1, -0.05) is 6.07 Å². The highest BCUT2D eigenvalue weighted by atomic mass is 15.0. The van der Waals surface area contributed by atoms with Gasteiger partial charge in [0.2, 0.25) is 0 Å². The topological polar surface area (TPSA) is 43.6 Å². The van der Waals surface area contributed by atoms with Gasteiger partial charge in [-0.3, -0.25) is 4.98 Å². The van der Waals surface area contributed by atoms with Crippen LogP contribution in [0.15, 0.2) is 36.9 Å². The van der Waals surface area contributed by atoms with Crippen molar-refractivity contribution in [2.24, 2.45) is 7.05 Å². The van der Waals surface area contributed by atoms with Crippen molar-refractivity contribution in [2.45, 2.75) is 6.92 Å². The first-order chi connectivity index (χ1) is 8.29. The van der Waals surface area contributed by atoms with Gasteiger partial charge in [0.25, 0.3) is 0 Å². The lowest BCUT2D eigenvalue weighted by molar-refractivity contribution is 0.942. The summed E-state index contributed by atoms with van der Waals surface area (Å²) in [5, 5.41) is 1.08. The van der Waals surface area contributed by atoms with E-state index in [2.05, 4.69) is 26.4 Å². The molecule has 0 N–H and O–H groups in total. The molecule has 3 heterocycles.